The number of rotatable bonds is 7. The Morgan fingerprint density at radius 2 is 1.51 bits per heavy atom. The van der Waals surface area contributed by atoms with Gasteiger partial charge in [0.05, 0.1) is 35.3 Å². The normalized spacial score (nSPS) is 45.0. The third-order valence-corrected chi connectivity index (χ3v) is 29.0. The van der Waals surface area contributed by atoms with Crippen molar-refractivity contribution in [3.63, 3.8) is 0 Å². The van der Waals surface area contributed by atoms with E-state index in [4.69, 9.17) is 18.9 Å². The number of hydrogen-bond acceptors (Lipinski definition) is 14. The number of aromatic hydroxyl groups is 2. The van der Waals surface area contributed by atoms with E-state index in [9.17, 15) is 45.3 Å². The molecule has 15 nitrogen and oxygen atoms in total. The Bertz CT molecular complexity index is 3250. The molecule has 15 aliphatic rings. The van der Waals surface area contributed by atoms with Crippen LogP contribution in [0.15, 0.2) is 34.9 Å². The van der Waals surface area contributed by atoms with Crippen LogP contribution in [0.4, 0.5) is 0 Å². The molecular formula is C70H92N2O13. The van der Waals surface area contributed by atoms with E-state index in [-0.39, 0.29) is 86.3 Å². The van der Waals surface area contributed by atoms with Crippen molar-refractivity contribution in [1.29, 1.82) is 0 Å². The van der Waals surface area contributed by atoms with Crippen LogP contribution in [-0.4, -0.2) is 121 Å². The highest BCUT2D eigenvalue weighted by atomic mass is 16.7. The van der Waals surface area contributed by atoms with Gasteiger partial charge in [-0.3, -0.25) is 15.6 Å². The molecule has 0 amide bonds. The van der Waals surface area contributed by atoms with Crippen LogP contribution in [0.2, 0.25) is 0 Å². The van der Waals surface area contributed by atoms with Crippen molar-refractivity contribution in [2.75, 3.05) is 19.8 Å². The van der Waals surface area contributed by atoms with E-state index in [1.54, 1.807) is 0 Å². The number of carboxylic acid groups (broad SMARTS) is 1. The monoisotopic (exact) mass is 1170 g/mol. The standard InChI is InChI=1S/C70H92N2O13/c1-38-48(39(2)74)52(76)50-43(51(38)75)26-40(58(80)81)27-46(50)83-59-53(77)55(78)70-29-45-49-42(47(85-70)30-63(18-7-8-19-63)56(79)57(70)84-59)12-13-44(49)66(20-11-25-73)37-82-31-41-28-64-35-68(67(21-9-10-22-67)60(64)71-72-69(45,36-64)54(41)66)34-62(16-5-6-17-62)33-65(68)24-23-61(32-65)14-3-4-15-61/h13,26-27,41,45,47,53-57,59-60,71-73,75-79H,3-12,14-25,28-37H2,1-2H3,(H,80,81)/t41-,45+,47+,53+,54-,55+,56-,57+,59+,60+,64+,65+,66-,68+,69+,70-/m0/s1. The number of carboxylic acids is 1. The molecule has 85 heavy (non-hydrogen) atoms. The van der Waals surface area contributed by atoms with E-state index in [2.05, 4.69) is 16.9 Å². The molecule has 9 spiro atoms. The fraction of sp³-hybridized carbons (Fsp3) is 0.771. The number of nitrogens with one attached hydrogen (secondary N) is 2. The SMILES string of the molecule is CC(=O)c1c(C)c(O)c2cc(C(=O)O)cc(O[C@@H]3O[C@@H]4[C@H](O)C5(CCCC5)C[C@H]5O[C@@]4(C[C@@H]4C6=C5CC=C6[C@]5(CCCO)COC[C@@H]6C[C@@]78C[C@]4(NN[C@H]7C4(CCCC4)[C@]4(CC7(CCCC7)C[C@]47CCC4(CCCC4)C7)C8)[C@@H]65)[C@H](O)[C@H]3O)c2c1O. The summed E-state index contributed by atoms with van der Waals surface area (Å²) in [5.41, 5.74) is 10.6. The van der Waals surface area contributed by atoms with Gasteiger partial charge in [0.15, 0.2) is 5.78 Å². The number of ether oxygens (including phenoxy) is 4. The number of hydrazine groups is 1. The van der Waals surface area contributed by atoms with Crippen LogP contribution in [0, 0.1) is 68.0 Å². The second-order valence-corrected chi connectivity index (χ2v) is 32.3. The molecular weight excluding hydrogens is 1080 g/mol. The summed E-state index contributed by atoms with van der Waals surface area (Å²) < 4.78 is 28.8. The number of Topliss-reactive ketones (excluding diaryl/α,β-unsaturated/α-hetero) is 1. The number of allylic oxidation sites excluding steroid dienone is 1. The fourth-order valence-electron chi connectivity index (χ4n) is 26.8. The number of aliphatic hydroxyl groups is 4. The molecule has 0 aromatic heterocycles. The summed E-state index contributed by atoms with van der Waals surface area (Å²) in [5, 5.41) is 84.8. The molecule has 0 unspecified atom stereocenters. The lowest BCUT2D eigenvalue weighted by Crippen LogP contribution is -2.82. The Kier molecular flexibility index (Phi) is 11.9. The molecule has 13 fully saturated rings. The Morgan fingerprint density at radius 1 is 0.788 bits per heavy atom. The zero-order valence-corrected chi connectivity index (χ0v) is 50.2. The summed E-state index contributed by atoms with van der Waals surface area (Å²) in [4.78, 5) is 25.9. The van der Waals surface area contributed by atoms with Gasteiger partial charge in [0.25, 0.3) is 0 Å². The van der Waals surface area contributed by atoms with Gasteiger partial charge < -0.3 is 54.7 Å². The summed E-state index contributed by atoms with van der Waals surface area (Å²) >= 11 is 0. The fourth-order valence-corrected chi connectivity index (χ4v) is 26.8. The Labute approximate surface area is 499 Å². The van der Waals surface area contributed by atoms with Gasteiger partial charge >= 0.3 is 5.97 Å². The van der Waals surface area contributed by atoms with E-state index in [1.807, 2.05) is 0 Å². The van der Waals surface area contributed by atoms with Crippen LogP contribution in [0.1, 0.15) is 219 Å². The van der Waals surface area contributed by atoms with Crippen LogP contribution >= 0.6 is 0 Å². The largest absolute Gasteiger partial charge is 0.507 e. The predicted octanol–water partition coefficient (Wildman–Crippen LogP) is 10.4. The number of phenols is 2. The molecule has 16 atom stereocenters. The predicted molar refractivity (Wildman–Crippen MR) is 314 cm³/mol. The van der Waals surface area contributed by atoms with Gasteiger partial charge in [-0.15, -0.1) is 0 Å². The first kappa shape index (κ1) is 55.4. The average molecular weight is 1170 g/mol. The highest BCUT2D eigenvalue weighted by molar-refractivity contribution is 6.11. The molecule has 2 aromatic rings. The van der Waals surface area contributed by atoms with E-state index < -0.39 is 82.0 Å². The van der Waals surface area contributed by atoms with Crippen LogP contribution < -0.4 is 15.6 Å². The number of aromatic carboxylic acids is 1. The number of benzene rings is 2. The highest BCUT2D eigenvalue weighted by Gasteiger charge is 2.85. The third kappa shape index (κ3) is 6.85. The lowest BCUT2D eigenvalue weighted by Gasteiger charge is -2.72. The number of carbonyl (C=O) groups is 2. The first-order valence-corrected chi connectivity index (χ1v) is 33.8. The molecule has 460 valence electrons. The van der Waals surface area contributed by atoms with Gasteiger partial charge in [-0.1, -0.05) is 57.4 Å². The van der Waals surface area contributed by atoms with Gasteiger partial charge in [0.2, 0.25) is 6.29 Å². The van der Waals surface area contributed by atoms with Gasteiger partial charge in [0.1, 0.15) is 41.2 Å². The van der Waals surface area contributed by atoms with Crippen molar-refractivity contribution in [1.82, 2.24) is 10.9 Å². The smallest absolute Gasteiger partial charge is 0.335 e. The van der Waals surface area contributed by atoms with E-state index in [0.29, 0.717) is 61.6 Å². The molecule has 9 N–H and O–H groups in total. The summed E-state index contributed by atoms with van der Waals surface area (Å²) in [6, 6.07) is 2.66. The van der Waals surface area contributed by atoms with Crippen molar-refractivity contribution in [3.05, 3.63) is 51.6 Å². The van der Waals surface area contributed by atoms with Gasteiger partial charge in [-0.25, -0.2) is 4.79 Å². The zero-order valence-electron chi connectivity index (χ0n) is 50.2. The molecule has 2 aromatic carbocycles. The Morgan fingerprint density at radius 3 is 2.24 bits per heavy atom. The molecule has 5 heterocycles. The molecule has 10 aliphatic carbocycles. The first-order valence-electron chi connectivity index (χ1n) is 33.8. The molecule has 15 heteroatoms. The highest BCUT2D eigenvalue weighted by Crippen LogP contribution is 2.88. The minimum atomic E-state index is -1.82. The second-order valence-electron chi connectivity index (χ2n) is 32.3. The number of phenolic OH excluding ortho intramolecular Hbond substituents is 2. The van der Waals surface area contributed by atoms with Crippen LogP contribution in [0.3, 0.4) is 0 Å². The molecule has 4 bridgehead atoms. The van der Waals surface area contributed by atoms with Crippen molar-refractivity contribution >= 4 is 22.5 Å². The van der Waals surface area contributed by atoms with Crippen molar-refractivity contribution in [2.45, 2.75) is 254 Å². The number of ketones is 1. The second kappa shape index (κ2) is 18.3. The van der Waals surface area contributed by atoms with Crippen LogP contribution in [-0.2, 0) is 14.2 Å². The minimum absolute atomic E-state index is 0.0673. The molecule has 17 rings (SSSR count). The Hall–Kier alpha value is -3.64. The maximum absolute atomic E-state index is 13.7. The van der Waals surface area contributed by atoms with Gasteiger partial charge in [0, 0.05) is 52.5 Å². The summed E-state index contributed by atoms with van der Waals surface area (Å²) in [7, 11) is 0. The topological polar surface area (TPSA) is 237 Å². The van der Waals surface area contributed by atoms with E-state index in [1.165, 1.54) is 158 Å². The number of hydrogen-bond donors (Lipinski definition) is 9. The molecule has 4 saturated heterocycles. The summed E-state index contributed by atoms with van der Waals surface area (Å²) in [6.07, 6.45) is 26.7. The lowest BCUT2D eigenvalue weighted by atomic mass is 9.38. The summed E-state index contributed by atoms with van der Waals surface area (Å²) in [6.45, 7) is 4.05. The van der Waals surface area contributed by atoms with E-state index in [0.717, 1.165) is 32.1 Å². The summed E-state index contributed by atoms with van der Waals surface area (Å²) in [5.74, 6) is -3.06. The Balaban J connectivity index is 0.829. The maximum Gasteiger partial charge on any atom is 0.335 e. The van der Waals surface area contributed by atoms with Crippen molar-refractivity contribution in [3.8, 4) is 17.2 Å². The molecule has 5 aliphatic heterocycles. The van der Waals surface area contributed by atoms with Gasteiger partial charge in [-0.2, -0.15) is 0 Å². The van der Waals surface area contributed by atoms with Crippen molar-refractivity contribution in [2.24, 2.45) is 61.1 Å². The zero-order chi connectivity index (χ0) is 58.3. The van der Waals surface area contributed by atoms with Crippen LogP contribution in [0.5, 0.6) is 17.2 Å². The lowest BCUT2D eigenvalue weighted by molar-refractivity contribution is -0.340. The van der Waals surface area contributed by atoms with E-state index >= 15 is 0 Å². The maximum atomic E-state index is 13.7. The van der Waals surface area contributed by atoms with Crippen LogP contribution in [0.25, 0.3) is 10.8 Å². The molecule has 0 radical (unpaired) electrons. The quantitative estimate of drug-likeness (QED) is 0.0926. The average Bonchev–Trinajstić information content (AvgIpc) is 1.52. The third-order valence-electron chi connectivity index (χ3n) is 29.0. The molecule has 9 saturated carbocycles. The van der Waals surface area contributed by atoms with Gasteiger partial charge in [-0.05, 0) is 222 Å². The minimum Gasteiger partial charge on any atom is -0.507 e. The number of fused-ring (bicyclic) bond motifs is 7. The number of carbonyl (C=O) groups excluding carboxylic acids is 1. The first-order chi connectivity index (χ1) is 40.8. The van der Waals surface area contributed by atoms with Crippen molar-refractivity contribution < 1.29 is 64.3 Å². The number of aliphatic hydroxyl groups excluding tert-OH is 4.